The summed E-state index contributed by atoms with van der Waals surface area (Å²) in [6.07, 6.45) is 0.113. The third-order valence-electron chi connectivity index (χ3n) is 3.90. The van der Waals surface area contributed by atoms with E-state index in [1.54, 1.807) is 36.4 Å². The number of benzene rings is 2. The van der Waals surface area contributed by atoms with E-state index in [2.05, 4.69) is 0 Å². The van der Waals surface area contributed by atoms with Crippen molar-refractivity contribution >= 4 is 50.6 Å². The Balaban J connectivity index is 1.71. The highest BCUT2D eigenvalue weighted by Gasteiger charge is 2.20. The first-order chi connectivity index (χ1) is 13.5. The van der Waals surface area contributed by atoms with Crippen LogP contribution in [-0.2, 0) is 9.53 Å². The van der Waals surface area contributed by atoms with Crippen LogP contribution in [0.25, 0.3) is 10.1 Å². The predicted octanol–water partition coefficient (Wildman–Crippen LogP) is 4.80. The first-order valence-corrected chi connectivity index (χ1v) is 9.47. The summed E-state index contributed by atoms with van der Waals surface area (Å²) in [5, 5.41) is 9.60. The number of esters is 1. The molecule has 0 spiro atoms. The molecule has 0 N–H and O–H groups in total. The molecule has 1 heterocycles. The number of ether oxygens (including phenoxy) is 1. The highest BCUT2D eigenvalue weighted by Crippen LogP contribution is 2.28. The number of carbonyl (C=O) groups excluding carboxylic acids is 2. The fourth-order valence-corrected chi connectivity index (χ4v) is 3.76. The van der Waals surface area contributed by atoms with Gasteiger partial charge in [0.05, 0.1) is 12.5 Å². The van der Waals surface area contributed by atoms with Crippen LogP contribution < -0.4 is 4.90 Å². The molecule has 0 atom stereocenters. The first-order valence-electron chi connectivity index (χ1n) is 8.27. The molecule has 0 bridgehead atoms. The number of anilines is 1. The maximum atomic E-state index is 13.8. The molecule has 0 unspecified atom stereocenters. The van der Waals surface area contributed by atoms with Crippen molar-refractivity contribution in [3.63, 3.8) is 0 Å². The molecular weight excluding hydrogens is 403 g/mol. The number of thiophene rings is 1. The molecule has 8 heteroatoms. The van der Waals surface area contributed by atoms with E-state index < -0.39 is 24.3 Å². The average Bonchev–Trinajstić information content (AvgIpc) is 3.12. The molecule has 0 radical (unpaired) electrons. The zero-order valence-electron chi connectivity index (χ0n) is 14.5. The van der Waals surface area contributed by atoms with Crippen molar-refractivity contribution in [2.24, 2.45) is 0 Å². The van der Waals surface area contributed by atoms with Crippen LogP contribution in [0, 0.1) is 17.1 Å². The van der Waals surface area contributed by atoms with E-state index >= 15 is 0 Å². The Hall–Kier alpha value is -2.95. The molecule has 0 aliphatic rings. The fraction of sp³-hybridized carbons (Fsp3) is 0.150. The van der Waals surface area contributed by atoms with E-state index in [0.29, 0.717) is 20.8 Å². The minimum absolute atomic E-state index is 0.113. The van der Waals surface area contributed by atoms with E-state index in [1.807, 2.05) is 6.07 Å². The van der Waals surface area contributed by atoms with Crippen molar-refractivity contribution in [3.8, 4) is 6.07 Å². The van der Waals surface area contributed by atoms with Crippen LogP contribution in [-0.4, -0.2) is 25.0 Å². The van der Waals surface area contributed by atoms with E-state index in [-0.39, 0.29) is 17.8 Å². The molecule has 0 saturated carbocycles. The molecule has 5 nitrogen and oxygen atoms in total. The zero-order chi connectivity index (χ0) is 20.1. The Bertz CT molecular complexity index is 1080. The minimum atomic E-state index is -0.708. The Morgan fingerprint density at radius 1 is 1.21 bits per heavy atom. The van der Waals surface area contributed by atoms with Crippen molar-refractivity contribution in [1.29, 1.82) is 5.26 Å². The third-order valence-corrected chi connectivity index (χ3v) is 5.22. The monoisotopic (exact) mass is 416 g/mol. The number of nitrogens with zero attached hydrogens (tertiary/aromatic N) is 2. The van der Waals surface area contributed by atoms with Gasteiger partial charge in [-0.1, -0.05) is 23.7 Å². The highest BCUT2D eigenvalue weighted by molar-refractivity contribution is 7.20. The number of carbonyl (C=O) groups is 2. The molecule has 3 aromatic rings. The molecule has 0 fully saturated rings. The van der Waals surface area contributed by atoms with Gasteiger partial charge in [0.25, 0.3) is 5.91 Å². The topological polar surface area (TPSA) is 70.4 Å². The van der Waals surface area contributed by atoms with Gasteiger partial charge in [0.1, 0.15) is 10.7 Å². The lowest BCUT2D eigenvalue weighted by molar-refractivity contribution is -0.121. The van der Waals surface area contributed by atoms with Crippen LogP contribution >= 0.6 is 22.9 Å². The average molecular weight is 417 g/mol. The van der Waals surface area contributed by atoms with Gasteiger partial charge in [-0.2, -0.15) is 5.26 Å². The fourth-order valence-electron chi connectivity index (χ4n) is 2.61. The van der Waals surface area contributed by atoms with Crippen LogP contribution in [0.3, 0.4) is 0 Å². The Kier molecular flexibility index (Phi) is 6.24. The van der Waals surface area contributed by atoms with E-state index in [4.69, 9.17) is 21.6 Å². The molecule has 1 amide bonds. The van der Waals surface area contributed by atoms with Crippen LogP contribution in [0.5, 0.6) is 0 Å². The zero-order valence-corrected chi connectivity index (χ0v) is 16.1. The number of nitriles is 1. The van der Waals surface area contributed by atoms with Crippen LogP contribution in [0.1, 0.15) is 16.1 Å². The largest absolute Gasteiger partial charge is 0.451 e. The summed E-state index contributed by atoms with van der Waals surface area (Å²) in [5.41, 5.74) is 0.507. The Morgan fingerprint density at radius 2 is 2.00 bits per heavy atom. The normalized spacial score (nSPS) is 10.5. The number of hydrogen-bond donors (Lipinski definition) is 0. The summed E-state index contributed by atoms with van der Waals surface area (Å²) in [6, 6.07) is 14.6. The summed E-state index contributed by atoms with van der Waals surface area (Å²) in [4.78, 5) is 26.4. The van der Waals surface area contributed by atoms with Gasteiger partial charge in [-0.05, 0) is 36.4 Å². The smallest absolute Gasteiger partial charge is 0.348 e. The lowest BCUT2D eigenvalue weighted by atomic mass is 10.2. The number of rotatable bonds is 6. The molecule has 3 rings (SSSR count). The minimum Gasteiger partial charge on any atom is -0.451 e. The maximum Gasteiger partial charge on any atom is 0.348 e. The van der Waals surface area contributed by atoms with Crippen molar-refractivity contribution in [2.45, 2.75) is 6.42 Å². The number of amides is 1. The van der Waals surface area contributed by atoms with Crippen LogP contribution in [0.2, 0.25) is 5.02 Å². The second-order valence-electron chi connectivity index (χ2n) is 5.77. The van der Waals surface area contributed by atoms with Gasteiger partial charge in [-0.25, -0.2) is 9.18 Å². The summed E-state index contributed by atoms with van der Waals surface area (Å²) in [7, 11) is 0. The van der Waals surface area contributed by atoms with Gasteiger partial charge in [0.15, 0.2) is 6.61 Å². The molecule has 1 aromatic heterocycles. The molecule has 0 aliphatic carbocycles. The quantitative estimate of drug-likeness (QED) is 0.541. The van der Waals surface area contributed by atoms with Crippen LogP contribution in [0.4, 0.5) is 10.1 Å². The van der Waals surface area contributed by atoms with Gasteiger partial charge >= 0.3 is 5.97 Å². The molecule has 0 saturated heterocycles. The summed E-state index contributed by atoms with van der Waals surface area (Å²) in [5.74, 6) is -1.62. The summed E-state index contributed by atoms with van der Waals surface area (Å²) in [6.45, 7) is -0.366. The lowest BCUT2D eigenvalue weighted by Crippen LogP contribution is -2.35. The number of fused-ring (bicyclic) bond motifs is 1. The van der Waals surface area contributed by atoms with Crippen molar-refractivity contribution in [2.75, 3.05) is 18.1 Å². The lowest BCUT2D eigenvalue weighted by Gasteiger charge is -2.21. The maximum absolute atomic E-state index is 13.8. The van der Waals surface area contributed by atoms with Gasteiger partial charge in [-0.3, -0.25) is 4.79 Å². The van der Waals surface area contributed by atoms with E-state index in [1.165, 1.54) is 17.0 Å². The third kappa shape index (κ3) is 4.47. The van der Waals surface area contributed by atoms with Gasteiger partial charge < -0.3 is 9.64 Å². The molecule has 142 valence electrons. The van der Waals surface area contributed by atoms with E-state index in [9.17, 15) is 14.0 Å². The van der Waals surface area contributed by atoms with E-state index in [0.717, 1.165) is 11.3 Å². The van der Waals surface area contributed by atoms with Crippen molar-refractivity contribution < 1.29 is 18.7 Å². The first kappa shape index (κ1) is 19.8. The second kappa shape index (κ2) is 8.83. The number of halogens is 2. The van der Waals surface area contributed by atoms with Gasteiger partial charge in [-0.15, -0.1) is 11.3 Å². The molecule has 2 aromatic carbocycles. The van der Waals surface area contributed by atoms with Crippen molar-refractivity contribution in [3.05, 3.63) is 64.2 Å². The van der Waals surface area contributed by atoms with Crippen LogP contribution in [0.15, 0.2) is 48.5 Å². The summed E-state index contributed by atoms with van der Waals surface area (Å²) >= 11 is 7.06. The summed E-state index contributed by atoms with van der Waals surface area (Å²) < 4.78 is 19.5. The molecular formula is C20H14ClFN2O3S. The number of hydrogen-bond acceptors (Lipinski definition) is 5. The Labute approximate surface area is 169 Å². The van der Waals surface area contributed by atoms with Gasteiger partial charge in [0.2, 0.25) is 0 Å². The second-order valence-corrected chi connectivity index (χ2v) is 7.29. The Morgan fingerprint density at radius 3 is 2.71 bits per heavy atom. The standard InChI is InChI=1S/C20H14ClFN2O3S/c21-13-4-1-5-14(10-13)24(9-3-8-23)19(25)12-27-20(26)18-11-15-16(22)6-2-7-17(15)28-18/h1-2,4-7,10-11H,3,9,12H2. The highest BCUT2D eigenvalue weighted by atomic mass is 35.5. The predicted molar refractivity (Wildman–Crippen MR) is 106 cm³/mol. The molecule has 0 aliphatic heterocycles. The molecule has 28 heavy (non-hydrogen) atoms. The van der Waals surface area contributed by atoms with Gasteiger partial charge in [0, 0.05) is 27.3 Å². The van der Waals surface area contributed by atoms with Crippen molar-refractivity contribution in [1.82, 2.24) is 0 Å². The SMILES string of the molecule is N#CCCN(C(=O)COC(=O)c1cc2c(F)cccc2s1)c1cccc(Cl)c1.